The van der Waals surface area contributed by atoms with E-state index in [-0.39, 0.29) is 0 Å². The largest absolute Gasteiger partial charge is 0.344 e. The van der Waals surface area contributed by atoms with Gasteiger partial charge in [0.2, 0.25) is 0 Å². The Kier molecular flexibility index (Phi) is 3.64. The lowest BCUT2D eigenvalue weighted by atomic mass is 10.1. The van der Waals surface area contributed by atoms with Crippen molar-refractivity contribution >= 4 is 23.0 Å². The van der Waals surface area contributed by atoms with Crippen molar-refractivity contribution in [2.75, 3.05) is 11.9 Å². The molecule has 0 fully saturated rings. The second kappa shape index (κ2) is 5.19. The third-order valence-corrected chi connectivity index (χ3v) is 3.04. The highest BCUT2D eigenvalue weighted by Crippen LogP contribution is 2.24. The molecule has 0 saturated carbocycles. The lowest BCUT2D eigenvalue weighted by Gasteiger charge is -2.19. The van der Waals surface area contributed by atoms with Gasteiger partial charge in [-0.3, -0.25) is 0 Å². The van der Waals surface area contributed by atoms with Crippen LogP contribution < -0.4 is 4.90 Å². The zero-order chi connectivity index (χ0) is 12.3. The van der Waals surface area contributed by atoms with E-state index in [2.05, 4.69) is 41.1 Å². The van der Waals surface area contributed by atoms with Gasteiger partial charge < -0.3 is 4.90 Å². The van der Waals surface area contributed by atoms with Crippen LogP contribution in [0.2, 0.25) is 5.15 Å². The van der Waals surface area contributed by atoms with Gasteiger partial charge in [-0.1, -0.05) is 30.7 Å². The number of pyridine rings is 1. The Morgan fingerprint density at radius 2 is 1.82 bits per heavy atom. The summed E-state index contributed by atoms with van der Waals surface area (Å²) < 4.78 is 0. The molecule has 17 heavy (non-hydrogen) atoms. The molecule has 2 nitrogen and oxygen atoms in total. The first-order chi connectivity index (χ1) is 8.20. The van der Waals surface area contributed by atoms with Crippen molar-refractivity contribution in [3.63, 3.8) is 0 Å². The Bertz CT molecular complexity index is 494. The van der Waals surface area contributed by atoms with Gasteiger partial charge in [0.25, 0.3) is 0 Å². The summed E-state index contributed by atoms with van der Waals surface area (Å²) in [7, 11) is 2.02. The third-order valence-electron chi connectivity index (χ3n) is 2.83. The highest BCUT2D eigenvalue weighted by Gasteiger charge is 2.04. The third kappa shape index (κ3) is 2.77. The first-order valence-electron chi connectivity index (χ1n) is 5.65. The molecule has 0 aliphatic carbocycles. The fourth-order valence-electron chi connectivity index (χ4n) is 1.71. The molecule has 1 aromatic carbocycles. The summed E-state index contributed by atoms with van der Waals surface area (Å²) in [5.74, 6) is 0. The van der Waals surface area contributed by atoms with Crippen molar-refractivity contribution in [1.29, 1.82) is 0 Å². The summed E-state index contributed by atoms with van der Waals surface area (Å²) in [6, 6.07) is 12.3. The number of nitrogens with zero attached hydrogens (tertiary/aromatic N) is 2. The first-order valence-corrected chi connectivity index (χ1v) is 6.02. The molecule has 0 N–H and O–H groups in total. The van der Waals surface area contributed by atoms with Crippen molar-refractivity contribution in [3.05, 3.63) is 53.3 Å². The van der Waals surface area contributed by atoms with E-state index in [1.54, 1.807) is 6.20 Å². The zero-order valence-electron chi connectivity index (χ0n) is 10.0. The summed E-state index contributed by atoms with van der Waals surface area (Å²) in [6.45, 7) is 2.15. The minimum Gasteiger partial charge on any atom is -0.344 e. The number of anilines is 2. The van der Waals surface area contributed by atoms with E-state index in [4.69, 9.17) is 11.6 Å². The Labute approximate surface area is 107 Å². The van der Waals surface area contributed by atoms with E-state index >= 15 is 0 Å². The number of hydrogen-bond acceptors (Lipinski definition) is 2. The maximum atomic E-state index is 5.89. The maximum Gasteiger partial charge on any atom is 0.131 e. The van der Waals surface area contributed by atoms with E-state index in [0.717, 1.165) is 17.8 Å². The monoisotopic (exact) mass is 246 g/mol. The highest BCUT2D eigenvalue weighted by molar-refractivity contribution is 6.29. The predicted octanol–water partition coefficient (Wildman–Crippen LogP) is 4.07. The van der Waals surface area contributed by atoms with Gasteiger partial charge in [-0.25, -0.2) is 4.98 Å². The fraction of sp³-hybridized carbons (Fsp3) is 0.214. The summed E-state index contributed by atoms with van der Waals surface area (Å²) in [5, 5.41) is 0.513. The summed E-state index contributed by atoms with van der Waals surface area (Å²) in [6.07, 6.45) is 2.78. The molecule has 88 valence electrons. The van der Waals surface area contributed by atoms with E-state index in [1.807, 2.05) is 19.2 Å². The van der Waals surface area contributed by atoms with Crippen molar-refractivity contribution in [2.45, 2.75) is 13.3 Å². The average Bonchev–Trinajstić information content (AvgIpc) is 2.38. The molecule has 0 atom stereocenters. The summed E-state index contributed by atoms with van der Waals surface area (Å²) in [4.78, 5) is 6.07. The van der Waals surface area contributed by atoms with Crippen molar-refractivity contribution in [1.82, 2.24) is 4.98 Å². The van der Waals surface area contributed by atoms with Crippen LogP contribution >= 0.6 is 11.6 Å². The normalized spacial score (nSPS) is 10.3. The van der Waals surface area contributed by atoms with Crippen LogP contribution in [0.4, 0.5) is 11.4 Å². The summed E-state index contributed by atoms with van der Waals surface area (Å²) in [5.41, 5.74) is 3.52. The van der Waals surface area contributed by atoms with Gasteiger partial charge >= 0.3 is 0 Å². The number of hydrogen-bond donors (Lipinski definition) is 0. The van der Waals surface area contributed by atoms with Crippen LogP contribution in [0.5, 0.6) is 0 Å². The number of aromatic nitrogens is 1. The molecule has 2 rings (SSSR count). The van der Waals surface area contributed by atoms with Gasteiger partial charge in [-0.05, 0) is 36.2 Å². The Hall–Kier alpha value is -1.54. The fourth-order valence-corrected chi connectivity index (χ4v) is 1.87. The second-order valence-electron chi connectivity index (χ2n) is 3.92. The zero-order valence-corrected chi connectivity index (χ0v) is 10.8. The molecule has 1 aromatic heterocycles. The second-order valence-corrected chi connectivity index (χ2v) is 4.30. The van der Waals surface area contributed by atoms with E-state index < -0.39 is 0 Å². The van der Waals surface area contributed by atoms with E-state index in [0.29, 0.717) is 5.15 Å². The van der Waals surface area contributed by atoms with Crippen LogP contribution in [0.25, 0.3) is 0 Å². The molecular formula is C14H15ClN2. The van der Waals surface area contributed by atoms with Crippen LogP contribution in [0.3, 0.4) is 0 Å². The Morgan fingerprint density at radius 3 is 2.41 bits per heavy atom. The van der Waals surface area contributed by atoms with Crippen molar-refractivity contribution < 1.29 is 0 Å². The van der Waals surface area contributed by atoms with Gasteiger partial charge in [0.15, 0.2) is 0 Å². The minimum absolute atomic E-state index is 0.513. The van der Waals surface area contributed by atoms with Gasteiger partial charge in [0.1, 0.15) is 5.15 Å². The molecule has 1 heterocycles. The molecular weight excluding hydrogens is 232 g/mol. The Balaban J connectivity index is 2.27. The molecule has 3 heteroatoms. The van der Waals surface area contributed by atoms with Gasteiger partial charge in [-0.15, -0.1) is 0 Å². The standard InChI is InChI=1S/C14H15ClN2/c1-3-11-4-6-12(7-5-11)17(2)13-8-9-16-14(15)10-13/h4-10H,3H2,1-2H3. The number of halogens is 1. The average molecular weight is 247 g/mol. The highest BCUT2D eigenvalue weighted by atomic mass is 35.5. The number of aryl methyl sites for hydroxylation is 1. The van der Waals surface area contributed by atoms with E-state index in [1.165, 1.54) is 5.56 Å². The predicted molar refractivity (Wildman–Crippen MR) is 73.1 cm³/mol. The molecule has 0 unspecified atom stereocenters. The van der Waals surface area contributed by atoms with Crippen LogP contribution in [0.15, 0.2) is 42.6 Å². The molecule has 0 saturated heterocycles. The molecule has 0 amide bonds. The number of rotatable bonds is 3. The van der Waals surface area contributed by atoms with Gasteiger partial charge in [-0.2, -0.15) is 0 Å². The van der Waals surface area contributed by atoms with Gasteiger partial charge in [0, 0.05) is 24.6 Å². The topological polar surface area (TPSA) is 16.1 Å². The smallest absolute Gasteiger partial charge is 0.131 e. The lowest BCUT2D eigenvalue weighted by molar-refractivity contribution is 1.13. The molecule has 0 bridgehead atoms. The van der Waals surface area contributed by atoms with Gasteiger partial charge in [0.05, 0.1) is 0 Å². The lowest BCUT2D eigenvalue weighted by Crippen LogP contribution is -2.09. The van der Waals surface area contributed by atoms with Crippen molar-refractivity contribution in [2.24, 2.45) is 0 Å². The van der Waals surface area contributed by atoms with Crippen LogP contribution in [0, 0.1) is 0 Å². The quantitative estimate of drug-likeness (QED) is 0.759. The molecule has 2 aromatic rings. The molecule has 0 radical (unpaired) electrons. The molecule has 0 aliphatic rings. The van der Waals surface area contributed by atoms with Crippen LogP contribution in [0.1, 0.15) is 12.5 Å². The molecule has 0 aliphatic heterocycles. The van der Waals surface area contributed by atoms with E-state index in [9.17, 15) is 0 Å². The Morgan fingerprint density at radius 1 is 1.12 bits per heavy atom. The summed E-state index contributed by atoms with van der Waals surface area (Å²) >= 11 is 5.89. The van der Waals surface area contributed by atoms with Crippen LogP contribution in [-0.2, 0) is 6.42 Å². The van der Waals surface area contributed by atoms with Crippen molar-refractivity contribution in [3.8, 4) is 0 Å². The molecule has 0 spiro atoms. The SMILES string of the molecule is CCc1ccc(N(C)c2ccnc(Cl)c2)cc1. The number of benzene rings is 1. The first kappa shape index (κ1) is 11.9. The maximum absolute atomic E-state index is 5.89. The van der Waals surface area contributed by atoms with Crippen LogP contribution in [-0.4, -0.2) is 12.0 Å². The minimum atomic E-state index is 0.513.